The predicted octanol–water partition coefficient (Wildman–Crippen LogP) is 3.39. The molecule has 2 aromatic rings. The molecule has 1 aliphatic rings. The van der Waals surface area contributed by atoms with E-state index < -0.39 is 27.5 Å². The van der Waals surface area contributed by atoms with E-state index in [-0.39, 0.29) is 16.4 Å². The minimum Gasteiger partial charge on any atom is -0.493 e. The molecule has 3 rings (SSSR count). The van der Waals surface area contributed by atoms with Crippen LogP contribution < -0.4 is 14.2 Å². The van der Waals surface area contributed by atoms with Gasteiger partial charge < -0.3 is 19.0 Å². The lowest BCUT2D eigenvalue weighted by atomic mass is 9.97. The van der Waals surface area contributed by atoms with Gasteiger partial charge in [0.1, 0.15) is 10.4 Å². The maximum Gasteiger partial charge on any atom is 0.339 e. The highest BCUT2D eigenvalue weighted by atomic mass is 32.2. The summed E-state index contributed by atoms with van der Waals surface area (Å²) in [6.45, 7) is 1.86. The van der Waals surface area contributed by atoms with Gasteiger partial charge in [0.05, 0.1) is 14.2 Å². The van der Waals surface area contributed by atoms with E-state index in [2.05, 4.69) is 5.32 Å². The average molecular weight is 474 g/mol. The van der Waals surface area contributed by atoms with Crippen molar-refractivity contribution < 1.29 is 31.7 Å². The van der Waals surface area contributed by atoms with Crippen molar-refractivity contribution in [2.45, 2.75) is 43.0 Å². The highest BCUT2D eigenvalue weighted by molar-refractivity contribution is 7.87. The van der Waals surface area contributed by atoms with E-state index in [0.29, 0.717) is 18.4 Å². The van der Waals surface area contributed by atoms with Gasteiger partial charge in [-0.05, 0) is 55.7 Å². The Labute approximate surface area is 193 Å². The van der Waals surface area contributed by atoms with Crippen LogP contribution in [0.1, 0.15) is 36.8 Å². The Kier molecular flexibility index (Phi) is 7.43. The molecule has 0 saturated heterocycles. The summed E-state index contributed by atoms with van der Waals surface area (Å²) in [5.74, 6) is -0.659. The molecule has 1 N–H and O–H groups in total. The summed E-state index contributed by atoms with van der Waals surface area (Å²) in [5, 5.41) is 2.77. The van der Waals surface area contributed by atoms with Crippen LogP contribution in [0.15, 0.2) is 53.4 Å². The second-order valence-electron chi connectivity index (χ2n) is 7.86. The van der Waals surface area contributed by atoms with Crippen LogP contribution in [0.4, 0.5) is 0 Å². The smallest absolute Gasteiger partial charge is 0.339 e. The summed E-state index contributed by atoms with van der Waals surface area (Å²) in [6.07, 6.45) is 5.59. The summed E-state index contributed by atoms with van der Waals surface area (Å²) in [4.78, 5) is 24.6. The Balaban J connectivity index is 1.74. The number of nitrogens with one attached hydrogen (secondary N) is 1. The van der Waals surface area contributed by atoms with Crippen molar-refractivity contribution in [3.05, 3.63) is 59.7 Å². The molecule has 0 aliphatic heterocycles. The molecule has 0 bridgehead atoms. The first kappa shape index (κ1) is 24.3. The molecule has 0 unspecified atom stereocenters. The van der Waals surface area contributed by atoms with Crippen LogP contribution in [0.2, 0.25) is 0 Å². The van der Waals surface area contributed by atoms with Gasteiger partial charge >= 0.3 is 16.1 Å². The minimum absolute atomic E-state index is 0.0234. The molecule has 9 heteroatoms. The van der Waals surface area contributed by atoms with Gasteiger partial charge in [-0.15, -0.1) is 0 Å². The lowest BCUT2D eigenvalue weighted by Crippen LogP contribution is -2.52. The zero-order valence-corrected chi connectivity index (χ0v) is 19.6. The van der Waals surface area contributed by atoms with Crippen molar-refractivity contribution in [2.75, 3.05) is 14.2 Å². The summed E-state index contributed by atoms with van der Waals surface area (Å²) in [5.41, 5.74) is 0.522. The van der Waals surface area contributed by atoms with Crippen molar-refractivity contribution in [1.82, 2.24) is 5.32 Å². The molecule has 0 heterocycles. The van der Waals surface area contributed by atoms with Crippen LogP contribution >= 0.6 is 0 Å². The molecule has 2 aromatic carbocycles. The third-order valence-electron chi connectivity index (χ3n) is 5.52. The van der Waals surface area contributed by atoms with Crippen molar-refractivity contribution in [1.29, 1.82) is 0 Å². The van der Waals surface area contributed by atoms with Gasteiger partial charge in [0.25, 0.3) is 0 Å². The van der Waals surface area contributed by atoms with Crippen LogP contribution in [-0.4, -0.2) is 40.1 Å². The van der Waals surface area contributed by atoms with Gasteiger partial charge in [0.15, 0.2) is 11.5 Å². The molecule has 33 heavy (non-hydrogen) atoms. The predicted molar refractivity (Wildman–Crippen MR) is 122 cm³/mol. The van der Waals surface area contributed by atoms with Crippen LogP contribution in [0, 0.1) is 6.92 Å². The van der Waals surface area contributed by atoms with E-state index in [4.69, 9.17) is 13.7 Å². The SMILES string of the molecule is COC(=O)C1(NC(=O)/C=C/c2ccc(OS(=O)(=O)c3ccc(C)cc3)c(OC)c2)CCCC1. The van der Waals surface area contributed by atoms with Crippen molar-refractivity contribution in [3.63, 3.8) is 0 Å². The van der Waals surface area contributed by atoms with Crippen LogP contribution in [0.25, 0.3) is 6.08 Å². The maximum absolute atomic E-state index is 12.6. The Hall–Kier alpha value is -3.33. The zero-order valence-electron chi connectivity index (χ0n) is 18.8. The molecule has 1 fully saturated rings. The topological polar surface area (TPSA) is 108 Å². The van der Waals surface area contributed by atoms with E-state index in [0.717, 1.165) is 18.4 Å². The fraction of sp³-hybridized carbons (Fsp3) is 0.333. The molecule has 0 radical (unpaired) electrons. The highest BCUT2D eigenvalue weighted by Crippen LogP contribution is 2.32. The fourth-order valence-electron chi connectivity index (χ4n) is 3.73. The molecule has 176 valence electrons. The normalized spacial score (nSPS) is 15.2. The first-order valence-corrected chi connectivity index (χ1v) is 11.9. The number of aryl methyl sites for hydroxylation is 1. The lowest BCUT2D eigenvalue weighted by molar-refractivity contribution is -0.150. The fourth-order valence-corrected chi connectivity index (χ4v) is 4.67. The summed E-state index contributed by atoms with van der Waals surface area (Å²) in [7, 11) is -1.34. The lowest BCUT2D eigenvalue weighted by Gasteiger charge is -2.26. The molecule has 1 saturated carbocycles. The van der Waals surface area contributed by atoms with E-state index in [9.17, 15) is 18.0 Å². The third kappa shape index (κ3) is 5.73. The summed E-state index contributed by atoms with van der Waals surface area (Å²) in [6, 6.07) is 10.9. The molecule has 1 aliphatic carbocycles. The number of esters is 1. The number of benzene rings is 2. The largest absolute Gasteiger partial charge is 0.493 e. The van der Waals surface area contributed by atoms with E-state index in [1.54, 1.807) is 24.3 Å². The van der Waals surface area contributed by atoms with Gasteiger partial charge in [-0.3, -0.25) is 4.79 Å². The van der Waals surface area contributed by atoms with Gasteiger partial charge in [-0.25, -0.2) is 4.79 Å². The second-order valence-corrected chi connectivity index (χ2v) is 9.41. The average Bonchev–Trinajstić information content (AvgIpc) is 3.27. The van der Waals surface area contributed by atoms with Crippen LogP contribution in [0.3, 0.4) is 0 Å². The molecule has 1 amide bonds. The Morgan fingerprint density at radius 2 is 1.67 bits per heavy atom. The first-order valence-electron chi connectivity index (χ1n) is 10.5. The van der Waals surface area contributed by atoms with Crippen molar-refractivity contribution in [2.24, 2.45) is 0 Å². The third-order valence-corrected chi connectivity index (χ3v) is 6.77. The van der Waals surface area contributed by atoms with Crippen LogP contribution in [0.5, 0.6) is 11.5 Å². The molecule has 0 aromatic heterocycles. The molecule has 0 spiro atoms. The zero-order chi connectivity index (χ0) is 24.1. The number of hydrogen-bond donors (Lipinski definition) is 1. The van der Waals surface area contributed by atoms with Gasteiger partial charge in [-0.1, -0.05) is 36.6 Å². The van der Waals surface area contributed by atoms with Crippen LogP contribution in [-0.2, 0) is 24.4 Å². The number of amides is 1. The summed E-state index contributed by atoms with van der Waals surface area (Å²) >= 11 is 0. The Bertz CT molecular complexity index is 1150. The van der Waals surface area contributed by atoms with Crippen molar-refractivity contribution >= 4 is 28.1 Å². The van der Waals surface area contributed by atoms with Gasteiger partial charge in [-0.2, -0.15) is 8.42 Å². The number of hydrogen-bond acceptors (Lipinski definition) is 7. The standard InChI is InChI=1S/C24H27NO7S/c1-17-6-10-19(11-7-17)33(28,29)32-20-12-8-18(16-21(20)30-2)9-13-22(26)25-24(23(27)31-3)14-4-5-15-24/h6-13,16H,4-5,14-15H2,1-3H3,(H,25,26)/b13-9+. The van der Waals surface area contributed by atoms with E-state index in [1.807, 2.05) is 6.92 Å². The summed E-state index contributed by atoms with van der Waals surface area (Å²) < 4.78 is 40.6. The Morgan fingerprint density at radius 1 is 1.00 bits per heavy atom. The monoisotopic (exact) mass is 473 g/mol. The van der Waals surface area contributed by atoms with Gasteiger partial charge in [0, 0.05) is 6.08 Å². The second kappa shape index (κ2) is 10.1. The number of rotatable bonds is 8. The number of ether oxygens (including phenoxy) is 2. The molecule has 8 nitrogen and oxygen atoms in total. The van der Waals surface area contributed by atoms with Crippen molar-refractivity contribution in [3.8, 4) is 11.5 Å². The highest BCUT2D eigenvalue weighted by Gasteiger charge is 2.43. The number of methoxy groups -OCH3 is 2. The van der Waals surface area contributed by atoms with E-state index >= 15 is 0 Å². The minimum atomic E-state index is -4.04. The van der Waals surface area contributed by atoms with E-state index in [1.165, 1.54) is 44.6 Å². The molecular weight excluding hydrogens is 446 g/mol. The Morgan fingerprint density at radius 3 is 2.27 bits per heavy atom. The molecule has 0 atom stereocenters. The number of carbonyl (C=O) groups excluding carboxylic acids is 2. The molecular formula is C24H27NO7S. The quantitative estimate of drug-likeness (QED) is 0.356. The number of carbonyl (C=O) groups is 2. The first-order chi connectivity index (χ1) is 15.7. The van der Waals surface area contributed by atoms with Gasteiger partial charge in [0.2, 0.25) is 5.91 Å². The maximum atomic E-state index is 12.6.